The zero-order chi connectivity index (χ0) is 22.5. The Bertz CT molecular complexity index is 1150. The molecule has 0 N–H and O–H groups in total. The largest absolute Gasteiger partial charge is 0.314 e. The minimum Gasteiger partial charge on any atom is -0.314 e. The van der Waals surface area contributed by atoms with Crippen LogP contribution in [0.15, 0.2) is 58.9 Å². The molecule has 0 saturated heterocycles. The molecule has 0 aliphatic rings. The van der Waals surface area contributed by atoms with Crippen molar-refractivity contribution in [2.75, 3.05) is 0 Å². The van der Waals surface area contributed by atoms with Crippen LogP contribution in [0, 0.1) is 26.1 Å². The lowest BCUT2D eigenvalue weighted by Gasteiger charge is -2.18. The van der Waals surface area contributed by atoms with Crippen molar-refractivity contribution in [3.8, 4) is 11.3 Å². The van der Waals surface area contributed by atoms with Crippen molar-refractivity contribution in [3.05, 3.63) is 78.9 Å². The third kappa shape index (κ3) is 5.24. The predicted molar refractivity (Wildman–Crippen MR) is 122 cm³/mol. The highest BCUT2D eigenvalue weighted by Gasteiger charge is 2.17. The van der Waals surface area contributed by atoms with Crippen molar-refractivity contribution >= 4 is 28.4 Å². The molecule has 0 saturated carbocycles. The molecule has 0 amide bonds. The van der Waals surface area contributed by atoms with Crippen LogP contribution in [0.2, 0.25) is 0 Å². The van der Waals surface area contributed by atoms with Crippen LogP contribution in [-0.2, 0) is 0 Å². The number of nitrogens with zero attached hydrogens (tertiary/aromatic N) is 4. The summed E-state index contributed by atoms with van der Waals surface area (Å²) in [5.41, 5.74) is 2.00. The zero-order valence-electron chi connectivity index (χ0n) is 17.6. The molecule has 0 radical (unpaired) electrons. The molecule has 0 bridgehead atoms. The first kappa shape index (κ1) is 22.4. The van der Waals surface area contributed by atoms with E-state index >= 15 is 0 Å². The van der Waals surface area contributed by atoms with Gasteiger partial charge in [0.05, 0.1) is 15.5 Å². The normalized spacial score (nSPS) is 12.8. The van der Waals surface area contributed by atoms with E-state index in [1.54, 1.807) is 30.3 Å². The van der Waals surface area contributed by atoms with Gasteiger partial charge in [0.25, 0.3) is 11.4 Å². The van der Waals surface area contributed by atoms with Crippen LogP contribution in [0.4, 0.5) is 17.1 Å². The fourth-order valence-corrected chi connectivity index (χ4v) is 4.32. The Morgan fingerprint density at radius 3 is 2.26 bits per heavy atom. The Balaban J connectivity index is 2.14. The van der Waals surface area contributed by atoms with Gasteiger partial charge in [0.15, 0.2) is 4.80 Å². The van der Waals surface area contributed by atoms with Crippen molar-refractivity contribution in [2.45, 2.75) is 39.7 Å². The average Bonchev–Trinajstić information content (AvgIpc) is 3.15. The quantitative estimate of drug-likeness (QED) is 0.304. The van der Waals surface area contributed by atoms with Crippen molar-refractivity contribution in [2.24, 2.45) is 10.9 Å². The number of nitro benzene ring substituents is 2. The maximum absolute atomic E-state index is 11.4. The molecule has 1 atom stereocenters. The van der Waals surface area contributed by atoms with Gasteiger partial charge in [0.1, 0.15) is 5.69 Å². The van der Waals surface area contributed by atoms with Crippen LogP contribution >= 0.6 is 11.3 Å². The standard InChI is InChI=1S/C22H24N4O4S/c1-15(2)8-9-16(3)24-21(17-10-12-18(13-11-17)25(27)28)14-31-22(24)23-19-6-4-5-7-20(19)26(29)30/h4-7,10-16H,8-9H2,1-3H3. The first-order valence-corrected chi connectivity index (χ1v) is 10.9. The van der Waals surface area contributed by atoms with Crippen LogP contribution in [-0.4, -0.2) is 14.4 Å². The number of hydrogen-bond donors (Lipinski definition) is 0. The molecule has 0 aliphatic carbocycles. The lowest BCUT2D eigenvalue weighted by Crippen LogP contribution is -2.20. The van der Waals surface area contributed by atoms with Gasteiger partial charge >= 0.3 is 0 Å². The molecule has 0 aliphatic heterocycles. The number of non-ortho nitro benzene ring substituents is 1. The van der Waals surface area contributed by atoms with Crippen molar-refractivity contribution in [3.63, 3.8) is 0 Å². The monoisotopic (exact) mass is 440 g/mol. The van der Waals surface area contributed by atoms with Crippen molar-refractivity contribution in [1.82, 2.24) is 4.57 Å². The van der Waals surface area contributed by atoms with Gasteiger partial charge in [-0.2, -0.15) is 0 Å². The predicted octanol–water partition coefficient (Wildman–Crippen LogP) is 6.26. The summed E-state index contributed by atoms with van der Waals surface area (Å²) in [4.78, 5) is 26.8. The van der Waals surface area contributed by atoms with E-state index in [1.807, 2.05) is 5.38 Å². The molecule has 1 aromatic heterocycles. The van der Waals surface area contributed by atoms with Gasteiger partial charge in [-0.25, -0.2) is 4.99 Å². The van der Waals surface area contributed by atoms with E-state index in [2.05, 4.69) is 30.3 Å². The molecule has 8 nitrogen and oxygen atoms in total. The molecule has 31 heavy (non-hydrogen) atoms. The second-order valence-electron chi connectivity index (χ2n) is 7.76. The third-order valence-electron chi connectivity index (χ3n) is 5.01. The van der Waals surface area contributed by atoms with Crippen LogP contribution in [0.5, 0.6) is 0 Å². The van der Waals surface area contributed by atoms with E-state index in [0.717, 1.165) is 24.1 Å². The average molecular weight is 441 g/mol. The highest BCUT2D eigenvalue weighted by Crippen LogP contribution is 2.30. The molecule has 9 heteroatoms. The topological polar surface area (TPSA) is 104 Å². The van der Waals surface area contributed by atoms with Gasteiger partial charge in [-0.15, -0.1) is 11.3 Å². The highest BCUT2D eigenvalue weighted by molar-refractivity contribution is 7.07. The van der Waals surface area contributed by atoms with Crippen molar-refractivity contribution < 1.29 is 9.85 Å². The summed E-state index contributed by atoms with van der Waals surface area (Å²) in [6, 6.07) is 12.9. The minimum absolute atomic E-state index is 0.0307. The maximum Gasteiger partial charge on any atom is 0.294 e. The minimum atomic E-state index is -0.434. The molecule has 1 heterocycles. The molecular weight excluding hydrogens is 416 g/mol. The second kappa shape index (κ2) is 9.65. The summed E-state index contributed by atoms with van der Waals surface area (Å²) in [6.07, 6.45) is 1.94. The summed E-state index contributed by atoms with van der Waals surface area (Å²) in [7, 11) is 0. The van der Waals surface area contributed by atoms with Crippen molar-refractivity contribution in [1.29, 1.82) is 0 Å². The third-order valence-corrected chi connectivity index (χ3v) is 5.85. The number of thiazole rings is 1. The van der Waals surface area contributed by atoms with Gasteiger partial charge in [0, 0.05) is 29.6 Å². The van der Waals surface area contributed by atoms with E-state index in [-0.39, 0.29) is 17.4 Å². The first-order valence-electron chi connectivity index (χ1n) is 10.0. The van der Waals surface area contributed by atoms with Gasteiger partial charge in [-0.1, -0.05) is 26.0 Å². The summed E-state index contributed by atoms with van der Waals surface area (Å²) >= 11 is 1.40. The Morgan fingerprint density at radius 2 is 1.65 bits per heavy atom. The number of benzene rings is 2. The van der Waals surface area contributed by atoms with Crippen LogP contribution < -0.4 is 4.80 Å². The Hall–Kier alpha value is -3.33. The summed E-state index contributed by atoms with van der Waals surface area (Å²) < 4.78 is 2.07. The molecule has 0 spiro atoms. The Kier molecular flexibility index (Phi) is 6.96. The van der Waals surface area contributed by atoms with Crippen LogP contribution in [0.25, 0.3) is 11.3 Å². The van der Waals surface area contributed by atoms with Crippen LogP contribution in [0.3, 0.4) is 0 Å². The lowest BCUT2D eigenvalue weighted by atomic mass is 10.0. The smallest absolute Gasteiger partial charge is 0.294 e. The van der Waals surface area contributed by atoms with Gasteiger partial charge in [0.2, 0.25) is 0 Å². The van der Waals surface area contributed by atoms with E-state index in [4.69, 9.17) is 0 Å². The first-order chi connectivity index (χ1) is 14.8. The molecular formula is C22H24N4O4S. The summed E-state index contributed by atoms with van der Waals surface area (Å²) in [5, 5.41) is 24.4. The molecule has 1 unspecified atom stereocenters. The Morgan fingerprint density at radius 1 is 0.968 bits per heavy atom. The summed E-state index contributed by atoms with van der Waals surface area (Å²) in [6.45, 7) is 6.43. The van der Waals surface area contributed by atoms with Crippen LogP contribution in [0.1, 0.15) is 39.7 Å². The number of nitro groups is 2. The number of rotatable bonds is 8. The fourth-order valence-electron chi connectivity index (χ4n) is 3.31. The number of para-hydroxylation sites is 2. The van der Waals surface area contributed by atoms with Gasteiger partial charge < -0.3 is 4.57 Å². The highest BCUT2D eigenvalue weighted by atomic mass is 32.1. The van der Waals surface area contributed by atoms with E-state index in [9.17, 15) is 20.2 Å². The molecule has 0 fully saturated rings. The van der Waals surface area contributed by atoms with E-state index in [1.165, 1.54) is 29.5 Å². The molecule has 3 rings (SSSR count). The zero-order valence-corrected chi connectivity index (χ0v) is 18.4. The second-order valence-corrected chi connectivity index (χ2v) is 8.59. The Labute approximate surface area is 183 Å². The molecule has 2 aromatic carbocycles. The van der Waals surface area contributed by atoms with E-state index < -0.39 is 9.85 Å². The van der Waals surface area contributed by atoms with Gasteiger partial charge in [-0.05, 0) is 49.4 Å². The molecule has 162 valence electrons. The fraction of sp³-hybridized carbons (Fsp3) is 0.318. The van der Waals surface area contributed by atoms with Gasteiger partial charge in [-0.3, -0.25) is 20.2 Å². The summed E-state index contributed by atoms with van der Waals surface area (Å²) in [5.74, 6) is 0.542. The number of hydrogen-bond acceptors (Lipinski definition) is 6. The lowest BCUT2D eigenvalue weighted by molar-refractivity contribution is -0.384. The molecule has 3 aromatic rings. The number of aromatic nitrogens is 1. The van der Waals surface area contributed by atoms with E-state index in [0.29, 0.717) is 16.4 Å². The SMILES string of the molecule is CC(C)CCC(C)n1c(-c2ccc([N+](=O)[O-])cc2)csc1=Nc1ccccc1[N+](=O)[O-]. The maximum atomic E-state index is 11.4.